The van der Waals surface area contributed by atoms with Crippen LogP contribution in [0.15, 0.2) is 29.3 Å². The van der Waals surface area contributed by atoms with Gasteiger partial charge in [0.25, 0.3) is 0 Å². The Morgan fingerprint density at radius 3 is 1.76 bits per heavy atom. The molecule has 0 saturated carbocycles. The zero-order valence-electron chi connectivity index (χ0n) is 14.8. The third-order valence-electron chi connectivity index (χ3n) is 3.49. The smallest absolute Gasteiger partial charge is 0.203 e. The number of nitrogens with zero attached hydrogens (tertiary/aromatic N) is 1. The van der Waals surface area contributed by atoms with Crippen LogP contribution in [0.25, 0.3) is 0 Å². The minimum absolute atomic E-state index is 0.450. The summed E-state index contributed by atoms with van der Waals surface area (Å²) in [5.41, 5.74) is 1.35. The molecule has 25 heavy (non-hydrogen) atoms. The molecule has 7 heteroatoms. The summed E-state index contributed by atoms with van der Waals surface area (Å²) in [6.45, 7) is 0. The van der Waals surface area contributed by atoms with E-state index in [-0.39, 0.29) is 0 Å². The van der Waals surface area contributed by atoms with Crippen LogP contribution in [-0.2, 0) is 0 Å². The Labute approximate surface area is 151 Å². The second-order valence-electron chi connectivity index (χ2n) is 4.88. The van der Waals surface area contributed by atoms with Crippen LogP contribution in [0.3, 0.4) is 0 Å². The fourth-order valence-electron chi connectivity index (χ4n) is 2.27. The molecule has 0 unspecified atom stereocenters. The number of halogens is 1. The fraction of sp³-hybridized carbons (Fsp3) is 0.278. The van der Waals surface area contributed by atoms with Gasteiger partial charge < -0.3 is 23.7 Å². The van der Waals surface area contributed by atoms with Crippen LogP contribution < -0.4 is 23.7 Å². The van der Waals surface area contributed by atoms with Crippen molar-refractivity contribution < 1.29 is 23.7 Å². The van der Waals surface area contributed by atoms with E-state index in [1.54, 1.807) is 66.0 Å². The molecule has 2 aromatic carbocycles. The first-order chi connectivity index (χ1) is 12.1. The van der Waals surface area contributed by atoms with Gasteiger partial charge in [-0.05, 0) is 12.1 Å². The highest BCUT2D eigenvalue weighted by molar-refractivity contribution is 6.32. The maximum absolute atomic E-state index is 6.11. The molecule has 134 valence electrons. The first-order valence-electron chi connectivity index (χ1n) is 7.33. The highest BCUT2D eigenvalue weighted by Crippen LogP contribution is 2.39. The monoisotopic (exact) mass is 365 g/mol. The highest BCUT2D eigenvalue weighted by atomic mass is 35.5. The molecule has 0 fully saturated rings. The second kappa shape index (κ2) is 8.48. The van der Waals surface area contributed by atoms with Crippen LogP contribution in [0, 0.1) is 0 Å². The third kappa shape index (κ3) is 4.09. The summed E-state index contributed by atoms with van der Waals surface area (Å²) in [5.74, 6) is 2.66. The summed E-state index contributed by atoms with van der Waals surface area (Å²) in [4.78, 5) is 4.46. The van der Waals surface area contributed by atoms with Crippen molar-refractivity contribution in [1.29, 1.82) is 0 Å². The highest BCUT2D eigenvalue weighted by Gasteiger charge is 2.13. The summed E-state index contributed by atoms with van der Waals surface area (Å²) >= 11 is 6.11. The van der Waals surface area contributed by atoms with Gasteiger partial charge >= 0.3 is 0 Å². The molecule has 2 aromatic rings. The SMILES string of the molecule is COc1cc(N=Cc2cc(OC)c(OC)c(OC)c2)c(OC)cc1Cl. The molecule has 0 aliphatic carbocycles. The summed E-state index contributed by atoms with van der Waals surface area (Å²) in [6.07, 6.45) is 1.66. The van der Waals surface area contributed by atoms with E-state index in [9.17, 15) is 0 Å². The summed E-state index contributed by atoms with van der Waals surface area (Å²) in [7, 11) is 7.77. The predicted octanol–water partition coefficient (Wildman–Crippen LogP) is 4.13. The van der Waals surface area contributed by atoms with Gasteiger partial charge in [0, 0.05) is 23.9 Å². The Morgan fingerprint density at radius 1 is 0.720 bits per heavy atom. The number of hydrogen-bond donors (Lipinski definition) is 0. The van der Waals surface area contributed by atoms with Crippen LogP contribution in [0.1, 0.15) is 5.56 Å². The molecule has 0 radical (unpaired) electrons. The maximum Gasteiger partial charge on any atom is 0.203 e. The maximum atomic E-state index is 6.11. The lowest BCUT2D eigenvalue weighted by molar-refractivity contribution is 0.324. The van der Waals surface area contributed by atoms with E-state index in [4.69, 9.17) is 35.3 Å². The van der Waals surface area contributed by atoms with Crippen molar-refractivity contribution in [3.63, 3.8) is 0 Å². The van der Waals surface area contributed by atoms with Crippen molar-refractivity contribution in [1.82, 2.24) is 0 Å². The first-order valence-corrected chi connectivity index (χ1v) is 7.71. The van der Waals surface area contributed by atoms with Crippen molar-refractivity contribution in [2.45, 2.75) is 0 Å². The number of ether oxygens (including phenoxy) is 5. The van der Waals surface area contributed by atoms with E-state index < -0.39 is 0 Å². The van der Waals surface area contributed by atoms with Crippen molar-refractivity contribution in [3.05, 3.63) is 34.9 Å². The van der Waals surface area contributed by atoms with Gasteiger partial charge in [0.1, 0.15) is 17.2 Å². The van der Waals surface area contributed by atoms with Gasteiger partial charge in [-0.25, -0.2) is 0 Å². The topological polar surface area (TPSA) is 58.5 Å². The number of methoxy groups -OCH3 is 5. The Bertz CT molecular complexity index is 751. The molecule has 0 spiro atoms. The van der Waals surface area contributed by atoms with Crippen molar-refractivity contribution in [3.8, 4) is 28.7 Å². The lowest BCUT2D eigenvalue weighted by Crippen LogP contribution is -1.96. The molecule has 6 nitrogen and oxygen atoms in total. The van der Waals surface area contributed by atoms with E-state index in [1.165, 1.54) is 0 Å². The molecule has 0 aliphatic heterocycles. The van der Waals surface area contributed by atoms with Gasteiger partial charge in [-0.15, -0.1) is 0 Å². The molecule has 2 rings (SSSR count). The predicted molar refractivity (Wildman–Crippen MR) is 97.9 cm³/mol. The number of benzene rings is 2. The number of rotatable bonds is 7. The molecular formula is C18H20ClNO5. The minimum Gasteiger partial charge on any atom is -0.495 e. The lowest BCUT2D eigenvalue weighted by Gasteiger charge is -2.13. The van der Waals surface area contributed by atoms with E-state index in [0.29, 0.717) is 39.5 Å². The lowest BCUT2D eigenvalue weighted by atomic mass is 10.2. The van der Waals surface area contributed by atoms with Gasteiger partial charge in [-0.2, -0.15) is 0 Å². The normalized spacial score (nSPS) is 10.6. The van der Waals surface area contributed by atoms with Gasteiger partial charge in [0.05, 0.1) is 40.6 Å². The van der Waals surface area contributed by atoms with Crippen molar-refractivity contribution in [2.24, 2.45) is 4.99 Å². The van der Waals surface area contributed by atoms with Gasteiger partial charge in [-0.3, -0.25) is 4.99 Å². The minimum atomic E-state index is 0.450. The van der Waals surface area contributed by atoms with Crippen molar-refractivity contribution in [2.75, 3.05) is 35.5 Å². The Balaban J connectivity index is 2.45. The first kappa shape index (κ1) is 18.7. The number of hydrogen-bond acceptors (Lipinski definition) is 6. The van der Waals surface area contributed by atoms with Gasteiger partial charge in [-0.1, -0.05) is 11.6 Å². The zero-order chi connectivity index (χ0) is 18.4. The molecule has 0 aromatic heterocycles. The van der Waals surface area contributed by atoms with Crippen LogP contribution in [0.5, 0.6) is 28.7 Å². The summed E-state index contributed by atoms with van der Waals surface area (Å²) < 4.78 is 26.5. The van der Waals surface area contributed by atoms with Crippen LogP contribution in [0.4, 0.5) is 5.69 Å². The van der Waals surface area contributed by atoms with Crippen LogP contribution >= 0.6 is 11.6 Å². The average Bonchev–Trinajstić information content (AvgIpc) is 2.65. The average molecular weight is 366 g/mol. The third-order valence-corrected chi connectivity index (χ3v) is 3.79. The van der Waals surface area contributed by atoms with Crippen LogP contribution in [0.2, 0.25) is 5.02 Å². The molecule has 0 aliphatic rings. The Kier molecular flexibility index (Phi) is 6.36. The molecule has 0 N–H and O–H groups in total. The van der Waals surface area contributed by atoms with E-state index in [2.05, 4.69) is 4.99 Å². The van der Waals surface area contributed by atoms with Gasteiger partial charge in [0.2, 0.25) is 5.75 Å². The van der Waals surface area contributed by atoms with Crippen molar-refractivity contribution >= 4 is 23.5 Å². The van der Waals surface area contributed by atoms with Crippen LogP contribution in [-0.4, -0.2) is 41.8 Å². The fourth-order valence-corrected chi connectivity index (χ4v) is 2.50. The Hall–Kier alpha value is -2.60. The molecule has 0 bridgehead atoms. The Morgan fingerprint density at radius 2 is 1.28 bits per heavy atom. The quantitative estimate of drug-likeness (QED) is 0.690. The second-order valence-corrected chi connectivity index (χ2v) is 5.28. The molecule has 0 amide bonds. The standard InChI is InChI=1S/C18H20ClNO5/c1-21-14-9-13(15(22-2)8-12(14)19)20-10-11-6-16(23-3)18(25-5)17(7-11)24-4/h6-10H,1-5H3. The van der Waals surface area contributed by atoms with Gasteiger partial charge in [0.15, 0.2) is 11.5 Å². The largest absolute Gasteiger partial charge is 0.495 e. The summed E-state index contributed by atoms with van der Waals surface area (Å²) in [5, 5.41) is 0.450. The summed E-state index contributed by atoms with van der Waals surface area (Å²) in [6, 6.07) is 6.95. The molecular weight excluding hydrogens is 346 g/mol. The molecule has 0 saturated heterocycles. The number of aliphatic imine (C=N–C) groups is 1. The van der Waals surface area contributed by atoms with E-state index in [1.807, 2.05) is 0 Å². The molecule has 0 heterocycles. The molecule has 0 atom stereocenters. The van der Waals surface area contributed by atoms with E-state index >= 15 is 0 Å². The zero-order valence-corrected chi connectivity index (χ0v) is 15.5. The van der Waals surface area contributed by atoms with E-state index in [0.717, 1.165) is 5.56 Å².